The molecule has 8 nitrogen and oxygen atoms in total. The fraction of sp³-hybridized carbons (Fsp3) is 0.471. The van der Waals surface area contributed by atoms with Crippen molar-refractivity contribution >= 4 is 17.7 Å². The van der Waals surface area contributed by atoms with E-state index in [4.69, 9.17) is 5.73 Å². The van der Waals surface area contributed by atoms with Crippen molar-refractivity contribution in [3.8, 4) is 0 Å². The highest BCUT2D eigenvalue weighted by molar-refractivity contribution is 5.79. The van der Waals surface area contributed by atoms with Crippen molar-refractivity contribution in [1.29, 1.82) is 0 Å². The fourth-order valence-corrected chi connectivity index (χ4v) is 2.15. The fourth-order valence-electron chi connectivity index (χ4n) is 2.15. The first kappa shape index (κ1) is 20.6. The van der Waals surface area contributed by atoms with Gasteiger partial charge >= 0.3 is 0 Å². The number of hydrogen-bond donors (Lipinski definition) is 5. The molecule has 0 bridgehead atoms. The van der Waals surface area contributed by atoms with Crippen molar-refractivity contribution in [2.45, 2.75) is 38.5 Å². The summed E-state index contributed by atoms with van der Waals surface area (Å²) >= 11 is 0. The third kappa shape index (κ3) is 8.83. The van der Waals surface area contributed by atoms with Crippen LogP contribution in [0.4, 0.5) is 0 Å². The summed E-state index contributed by atoms with van der Waals surface area (Å²) in [5.41, 5.74) is 5.94. The number of nitrogens with two attached hydrogens (primary N) is 1. The number of carbonyl (C=O) groups is 3. The highest BCUT2D eigenvalue weighted by atomic mass is 16.3. The first-order valence-electron chi connectivity index (χ1n) is 8.22. The van der Waals surface area contributed by atoms with Gasteiger partial charge in [-0.05, 0) is 12.0 Å². The van der Waals surface area contributed by atoms with Crippen LogP contribution in [0.3, 0.4) is 0 Å². The average Bonchev–Trinajstić information content (AvgIpc) is 2.59. The van der Waals surface area contributed by atoms with E-state index in [0.717, 1.165) is 5.56 Å². The van der Waals surface area contributed by atoms with Gasteiger partial charge in [0.05, 0.1) is 12.6 Å². The van der Waals surface area contributed by atoms with Crippen LogP contribution < -0.4 is 21.7 Å². The van der Waals surface area contributed by atoms with Gasteiger partial charge in [-0.15, -0.1) is 0 Å². The van der Waals surface area contributed by atoms with Gasteiger partial charge in [0, 0.05) is 19.4 Å². The maximum absolute atomic E-state index is 11.7. The lowest BCUT2D eigenvalue weighted by atomic mass is 10.0. The summed E-state index contributed by atoms with van der Waals surface area (Å²) in [4.78, 5) is 34.0. The zero-order chi connectivity index (χ0) is 18.7. The standard InChI is InChI=1S/C17H26N4O4/c1-2-15(23)21-13(10-12-6-4-3-5-7-12)17(25)20-11-16(24)19-9-8-14(18)22/h3-7,13,17,20,25H,2,8-11H2,1H3,(H2,18,22)(H,19,24)(H,21,23)/t13-,17?/m0/s1. The second kappa shape index (κ2) is 11.2. The van der Waals surface area contributed by atoms with E-state index in [1.54, 1.807) is 6.92 Å². The predicted molar refractivity (Wildman–Crippen MR) is 93.2 cm³/mol. The monoisotopic (exact) mass is 350 g/mol. The minimum absolute atomic E-state index is 0.0531. The summed E-state index contributed by atoms with van der Waals surface area (Å²) in [6.07, 6.45) is -0.328. The Morgan fingerprint density at radius 1 is 1.16 bits per heavy atom. The van der Waals surface area contributed by atoms with Crippen LogP contribution >= 0.6 is 0 Å². The molecule has 0 fully saturated rings. The van der Waals surface area contributed by atoms with Gasteiger partial charge < -0.3 is 21.5 Å². The Balaban J connectivity index is 2.53. The molecule has 0 saturated heterocycles. The molecule has 1 rings (SSSR count). The molecule has 0 heterocycles. The molecule has 6 N–H and O–H groups in total. The summed E-state index contributed by atoms with van der Waals surface area (Å²) in [6, 6.07) is 8.85. The van der Waals surface area contributed by atoms with Crippen molar-refractivity contribution < 1.29 is 19.5 Å². The molecule has 1 unspecified atom stereocenters. The lowest BCUT2D eigenvalue weighted by molar-refractivity contribution is -0.122. The molecule has 0 spiro atoms. The molecule has 138 valence electrons. The van der Waals surface area contributed by atoms with Crippen LogP contribution in [0.1, 0.15) is 25.3 Å². The second-order valence-electron chi connectivity index (χ2n) is 5.61. The Hall–Kier alpha value is -2.45. The van der Waals surface area contributed by atoms with E-state index < -0.39 is 18.2 Å². The number of benzene rings is 1. The summed E-state index contributed by atoms with van der Waals surface area (Å²) in [6.45, 7) is 1.72. The Bertz CT molecular complexity index is 565. The van der Waals surface area contributed by atoms with Gasteiger partial charge in [0.15, 0.2) is 0 Å². The van der Waals surface area contributed by atoms with Crippen molar-refractivity contribution in [3.63, 3.8) is 0 Å². The molecule has 0 saturated carbocycles. The number of nitrogens with one attached hydrogen (secondary N) is 3. The molecule has 0 radical (unpaired) electrons. The highest BCUT2D eigenvalue weighted by Gasteiger charge is 2.21. The maximum Gasteiger partial charge on any atom is 0.234 e. The molecule has 25 heavy (non-hydrogen) atoms. The Labute approximate surface area is 147 Å². The number of carbonyl (C=O) groups excluding carboxylic acids is 3. The third-order valence-corrected chi connectivity index (χ3v) is 3.51. The van der Waals surface area contributed by atoms with Crippen molar-refractivity contribution in [1.82, 2.24) is 16.0 Å². The largest absolute Gasteiger partial charge is 0.376 e. The van der Waals surface area contributed by atoms with Gasteiger partial charge in [-0.1, -0.05) is 37.3 Å². The average molecular weight is 350 g/mol. The summed E-state index contributed by atoms with van der Waals surface area (Å²) in [5.74, 6) is -1.06. The molecule has 8 heteroatoms. The highest BCUT2D eigenvalue weighted by Crippen LogP contribution is 2.06. The summed E-state index contributed by atoms with van der Waals surface area (Å²) in [5, 5.41) is 18.2. The van der Waals surface area contributed by atoms with Crippen LogP contribution in [0.25, 0.3) is 0 Å². The van der Waals surface area contributed by atoms with Gasteiger partial charge in [-0.2, -0.15) is 0 Å². The van der Waals surface area contributed by atoms with Crippen LogP contribution in [-0.4, -0.2) is 48.2 Å². The normalized spacial score (nSPS) is 12.9. The molecule has 0 aromatic heterocycles. The van der Waals surface area contributed by atoms with E-state index in [9.17, 15) is 19.5 Å². The molecule has 1 aromatic carbocycles. The molecule has 3 amide bonds. The maximum atomic E-state index is 11.7. The minimum Gasteiger partial charge on any atom is -0.376 e. The Kier molecular flexibility index (Phi) is 9.20. The SMILES string of the molecule is CCC(=O)N[C@@H](Cc1ccccc1)C(O)NCC(=O)NCCC(N)=O. The number of amides is 3. The van der Waals surface area contributed by atoms with Gasteiger partial charge in [-0.25, -0.2) is 0 Å². The topological polar surface area (TPSA) is 134 Å². The number of primary amides is 1. The second-order valence-corrected chi connectivity index (χ2v) is 5.61. The van der Waals surface area contributed by atoms with Crippen LogP contribution in [-0.2, 0) is 20.8 Å². The van der Waals surface area contributed by atoms with E-state index in [1.807, 2.05) is 30.3 Å². The van der Waals surface area contributed by atoms with Gasteiger partial charge in [0.2, 0.25) is 17.7 Å². The predicted octanol–water partition coefficient (Wildman–Crippen LogP) is -0.976. The lowest BCUT2D eigenvalue weighted by Crippen LogP contribution is -2.53. The summed E-state index contributed by atoms with van der Waals surface area (Å²) < 4.78 is 0. The van der Waals surface area contributed by atoms with E-state index in [2.05, 4.69) is 16.0 Å². The van der Waals surface area contributed by atoms with Crippen LogP contribution in [0.15, 0.2) is 30.3 Å². The number of hydrogen-bond acceptors (Lipinski definition) is 5. The van der Waals surface area contributed by atoms with Crippen molar-refractivity contribution in [2.75, 3.05) is 13.1 Å². The zero-order valence-electron chi connectivity index (χ0n) is 14.3. The van der Waals surface area contributed by atoms with Gasteiger partial charge in [-0.3, -0.25) is 19.7 Å². The summed E-state index contributed by atoms with van der Waals surface area (Å²) in [7, 11) is 0. The zero-order valence-corrected chi connectivity index (χ0v) is 14.3. The van der Waals surface area contributed by atoms with Crippen molar-refractivity contribution in [3.05, 3.63) is 35.9 Å². The first-order chi connectivity index (χ1) is 11.9. The Morgan fingerprint density at radius 2 is 1.84 bits per heavy atom. The van der Waals surface area contributed by atoms with Gasteiger partial charge in [0.25, 0.3) is 0 Å². The Morgan fingerprint density at radius 3 is 2.44 bits per heavy atom. The first-order valence-corrected chi connectivity index (χ1v) is 8.22. The quantitative estimate of drug-likeness (QED) is 0.327. The van der Waals surface area contributed by atoms with Gasteiger partial charge in [0.1, 0.15) is 6.23 Å². The van der Waals surface area contributed by atoms with E-state index in [-0.39, 0.29) is 31.3 Å². The number of aliphatic hydroxyl groups is 1. The van der Waals surface area contributed by atoms with Crippen LogP contribution in [0.2, 0.25) is 0 Å². The molecule has 1 aromatic rings. The molecule has 2 atom stereocenters. The van der Waals surface area contributed by atoms with Crippen LogP contribution in [0.5, 0.6) is 0 Å². The molecule has 0 aliphatic heterocycles. The minimum atomic E-state index is -1.10. The number of aliphatic hydroxyl groups excluding tert-OH is 1. The third-order valence-electron chi connectivity index (χ3n) is 3.51. The molecule has 0 aliphatic carbocycles. The molecular weight excluding hydrogens is 324 g/mol. The molecule has 0 aliphatic rings. The van der Waals surface area contributed by atoms with E-state index >= 15 is 0 Å². The van der Waals surface area contributed by atoms with Crippen LogP contribution in [0, 0.1) is 0 Å². The van der Waals surface area contributed by atoms with Crippen molar-refractivity contribution in [2.24, 2.45) is 5.73 Å². The number of rotatable bonds is 11. The smallest absolute Gasteiger partial charge is 0.234 e. The van der Waals surface area contributed by atoms with E-state index in [0.29, 0.717) is 12.8 Å². The molecular formula is C17H26N4O4. The van der Waals surface area contributed by atoms with E-state index in [1.165, 1.54) is 0 Å². The lowest BCUT2D eigenvalue weighted by Gasteiger charge is -2.25.